The molecule has 4 rings (SSSR count). The van der Waals surface area contributed by atoms with Gasteiger partial charge in [0.2, 0.25) is 11.6 Å². The molecule has 0 aliphatic heterocycles. The van der Waals surface area contributed by atoms with E-state index in [2.05, 4.69) is 15.4 Å². The minimum absolute atomic E-state index is 0.0127. The number of hydrogen-bond donors (Lipinski definition) is 1. The van der Waals surface area contributed by atoms with E-state index in [0.717, 1.165) is 4.68 Å². The second-order valence-electron chi connectivity index (χ2n) is 5.93. The lowest BCUT2D eigenvalue weighted by Gasteiger charge is -2.06. The normalized spacial score (nSPS) is 10.8. The Balaban J connectivity index is 1.62. The SMILES string of the molecule is O=C(Cn1nc2c(Oc3ccccc3Cl)nccn2c1=O)Nc1ccccc1F. The Labute approximate surface area is 168 Å². The second-order valence-corrected chi connectivity index (χ2v) is 6.33. The molecule has 0 unspecified atom stereocenters. The molecular weight excluding hydrogens is 401 g/mol. The van der Waals surface area contributed by atoms with Gasteiger partial charge in [-0.2, -0.15) is 0 Å². The number of carbonyl (C=O) groups is 1. The minimum Gasteiger partial charge on any atom is -0.434 e. The minimum atomic E-state index is -0.609. The summed E-state index contributed by atoms with van der Waals surface area (Å²) in [4.78, 5) is 28.9. The average Bonchev–Trinajstić information content (AvgIpc) is 3.02. The van der Waals surface area contributed by atoms with Crippen LogP contribution in [0.5, 0.6) is 11.6 Å². The lowest BCUT2D eigenvalue weighted by molar-refractivity contribution is -0.117. The number of benzene rings is 2. The summed E-state index contributed by atoms with van der Waals surface area (Å²) in [6, 6.07) is 12.5. The molecule has 29 heavy (non-hydrogen) atoms. The van der Waals surface area contributed by atoms with Gasteiger partial charge in [-0.3, -0.25) is 4.79 Å². The lowest BCUT2D eigenvalue weighted by Crippen LogP contribution is -2.28. The first kappa shape index (κ1) is 18.6. The zero-order chi connectivity index (χ0) is 20.4. The van der Waals surface area contributed by atoms with Crippen LogP contribution in [0.25, 0.3) is 5.65 Å². The van der Waals surface area contributed by atoms with Gasteiger partial charge < -0.3 is 10.1 Å². The second kappa shape index (κ2) is 7.72. The summed E-state index contributed by atoms with van der Waals surface area (Å²) in [7, 11) is 0. The van der Waals surface area contributed by atoms with E-state index >= 15 is 0 Å². The van der Waals surface area contributed by atoms with Crippen molar-refractivity contribution in [3.8, 4) is 11.6 Å². The number of amides is 1. The topological polar surface area (TPSA) is 90.5 Å². The third kappa shape index (κ3) is 3.81. The van der Waals surface area contributed by atoms with Gasteiger partial charge >= 0.3 is 5.69 Å². The van der Waals surface area contributed by atoms with Gasteiger partial charge in [-0.05, 0) is 24.3 Å². The number of rotatable bonds is 5. The molecule has 0 spiro atoms. The quantitative estimate of drug-likeness (QED) is 0.543. The smallest absolute Gasteiger partial charge is 0.351 e. The summed E-state index contributed by atoms with van der Waals surface area (Å²) >= 11 is 6.09. The molecule has 0 atom stereocenters. The van der Waals surface area contributed by atoms with Crippen LogP contribution in [-0.4, -0.2) is 25.1 Å². The molecule has 0 bridgehead atoms. The number of anilines is 1. The van der Waals surface area contributed by atoms with Crippen molar-refractivity contribution in [2.75, 3.05) is 5.32 Å². The van der Waals surface area contributed by atoms with Gasteiger partial charge in [-0.1, -0.05) is 35.9 Å². The molecule has 0 aliphatic carbocycles. The van der Waals surface area contributed by atoms with Gasteiger partial charge in [0.25, 0.3) is 5.88 Å². The molecule has 2 aromatic heterocycles. The number of carbonyl (C=O) groups excluding carboxylic acids is 1. The molecular formula is C19H13ClFN5O3. The molecule has 0 fully saturated rings. The fourth-order valence-corrected chi connectivity index (χ4v) is 2.80. The summed E-state index contributed by atoms with van der Waals surface area (Å²) in [6.07, 6.45) is 2.77. The average molecular weight is 414 g/mol. The summed E-state index contributed by atoms with van der Waals surface area (Å²) < 4.78 is 21.5. The number of aromatic nitrogens is 4. The maximum atomic E-state index is 13.7. The Morgan fingerprint density at radius 3 is 2.72 bits per heavy atom. The van der Waals surface area contributed by atoms with Crippen LogP contribution in [-0.2, 0) is 11.3 Å². The van der Waals surface area contributed by atoms with Gasteiger partial charge in [-0.15, -0.1) is 5.10 Å². The van der Waals surface area contributed by atoms with Crippen LogP contribution in [0.1, 0.15) is 0 Å². The van der Waals surface area contributed by atoms with E-state index in [9.17, 15) is 14.0 Å². The van der Waals surface area contributed by atoms with Crippen molar-refractivity contribution in [3.05, 3.63) is 82.2 Å². The largest absolute Gasteiger partial charge is 0.434 e. The summed E-state index contributed by atoms with van der Waals surface area (Å²) in [5.74, 6) is -0.801. The molecule has 0 aliphatic rings. The van der Waals surface area contributed by atoms with Crippen molar-refractivity contribution in [2.45, 2.75) is 6.54 Å². The van der Waals surface area contributed by atoms with Crippen molar-refractivity contribution in [3.63, 3.8) is 0 Å². The van der Waals surface area contributed by atoms with E-state index in [-0.39, 0.29) is 17.2 Å². The van der Waals surface area contributed by atoms with Crippen molar-refractivity contribution < 1.29 is 13.9 Å². The number of nitrogens with zero attached hydrogens (tertiary/aromatic N) is 4. The molecule has 2 heterocycles. The zero-order valence-corrected chi connectivity index (χ0v) is 15.5. The van der Waals surface area contributed by atoms with Crippen LogP contribution in [0.3, 0.4) is 0 Å². The highest BCUT2D eigenvalue weighted by Gasteiger charge is 2.17. The van der Waals surface area contributed by atoms with Crippen LogP contribution < -0.4 is 15.7 Å². The van der Waals surface area contributed by atoms with Gasteiger partial charge in [0.1, 0.15) is 18.1 Å². The standard InChI is InChI=1S/C19H13ClFN5O3/c20-12-5-1-4-8-15(12)29-18-17-24-26(19(28)25(17)10-9-22-18)11-16(27)23-14-7-3-2-6-13(14)21/h1-10H,11H2,(H,23,27). The van der Waals surface area contributed by atoms with E-state index in [1.165, 1.54) is 35.0 Å². The molecule has 0 radical (unpaired) electrons. The van der Waals surface area contributed by atoms with Gasteiger partial charge in [0.15, 0.2) is 0 Å². The fraction of sp³-hybridized carbons (Fsp3) is 0.0526. The van der Waals surface area contributed by atoms with Crippen LogP contribution in [0.15, 0.2) is 65.7 Å². The van der Waals surface area contributed by atoms with E-state index < -0.39 is 24.0 Å². The Hall–Kier alpha value is -3.72. The number of ether oxygens (including phenoxy) is 1. The number of para-hydroxylation sites is 2. The first-order valence-corrected chi connectivity index (χ1v) is 8.81. The highest BCUT2D eigenvalue weighted by atomic mass is 35.5. The lowest BCUT2D eigenvalue weighted by atomic mass is 10.3. The number of halogens is 2. The van der Waals surface area contributed by atoms with E-state index in [0.29, 0.717) is 10.8 Å². The van der Waals surface area contributed by atoms with Gasteiger partial charge in [0, 0.05) is 12.4 Å². The third-order valence-corrected chi connectivity index (χ3v) is 4.27. The molecule has 1 amide bonds. The number of nitrogens with one attached hydrogen (secondary N) is 1. The monoisotopic (exact) mass is 413 g/mol. The number of fused-ring (bicyclic) bond motifs is 1. The van der Waals surface area contributed by atoms with Crippen LogP contribution in [0, 0.1) is 5.82 Å². The van der Waals surface area contributed by atoms with Crippen LogP contribution in [0.4, 0.5) is 10.1 Å². The highest BCUT2D eigenvalue weighted by molar-refractivity contribution is 6.32. The Morgan fingerprint density at radius 2 is 1.93 bits per heavy atom. The van der Waals surface area contributed by atoms with Crippen LogP contribution in [0.2, 0.25) is 5.02 Å². The summed E-state index contributed by atoms with van der Waals surface area (Å²) in [5, 5.41) is 6.89. The molecule has 8 nitrogen and oxygen atoms in total. The number of hydrogen-bond acceptors (Lipinski definition) is 5. The van der Waals surface area contributed by atoms with E-state index in [1.807, 2.05) is 0 Å². The van der Waals surface area contributed by atoms with Gasteiger partial charge in [-0.25, -0.2) is 23.3 Å². The molecule has 0 saturated heterocycles. The predicted molar refractivity (Wildman–Crippen MR) is 104 cm³/mol. The van der Waals surface area contributed by atoms with Crippen molar-refractivity contribution >= 4 is 28.8 Å². The van der Waals surface area contributed by atoms with E-state index in [1.54, 1.807) is 30.3 Å². The maximum absolute atomic E-state index is 13.7. The Kier molecular flexibility index (Phi) is 4.96. The summed E-state index contributed by atoms with van der Waals surface area (Å²) in [5.41, 5.74) is -0.454. The first-order chi connectivity index (χ1) is 14.0. The molecule has 1 N–H and O–H groups in total. The van der Waals surface area contributed by atoms with E-state index in [4.69, 9.17) is 16.3 Å². The van der Waals surface area contributed by atoms with Crippen molar-refractivity contribution in [1.29, 1.82) is 0 Å². The van der Waals surface area contributed by atoms with Crippen molar-refractivity contribution in [2.24, 2.45) is 0 Å². The third-order valence-electron chi connectivity index (χ3n) is 3.95. The summed E-state index contributed by atoms with van der Waals surface area (Å²) in [6.45, 7) is -0.416. The maximum Gasteiger partial charge on any atom is 0.351 e. The highest BCUT2D eigenvalue weighted by Crippen LogP contribution is 2.28. The van der Waals surface area contributed by atoms with Crippen molar-refractivity contribution in [1.82, 2.24) is 19.2 Å². The molecule has 10 heteroatoms. The molecule has 4 aromatic rings. The Morgan fingerprint density at radius 1 is 1.17 bits per heavy atom. The molecule has 0 saturated carbocycles. The Bertz CT molecular complexity index is 1270. The zero-order valence-electron chi connectivity index (χ0n) is 14.8. The van der Waals surface area contributed by atoms with Crippen LogP contribution >= 0.6 is 11.6 Å². The first-order valence-electron chi connectivity index (χ1n) is 8.44. The molecule has 2 aromatic carbocycles. The van der Waals surface area contributed by atoms with Gasteiger partial charge in [0.05, 0.1) is 10.7 Å². The predicted octanol–water partition coefficient (Wildman–Crippen LogP) is 3.11. The fourth-order valence-electron chi connectivity index (χ4n) is 2.62. The molecule has 146 valence electrons.